The van der Waals surface area contributed by atoms with E-state index in [9.17, 15) is 9.18 Å². The highest BCUT2D eigenvalue weighted by Gasteiger charge is 2.20. The lowest BCUT2D eigenvalue weighted by atomic mass is 10.2. The fourth-order valence-corrected chi connectivity index (χ4v) is 2.46. The molecular weight excluding hydrogens is 257 g/mol. The SMILES string of the molecule is CCCN(CC1CCCN1)C(=O)Nc1ccc(F)cc1. The van der Waals surface area contributed by atoms with Crippen molar-refractivity contribution >= 4 is 11.7 Å². The third kappa shape index (κ3) is 4.20. The first kappa shape index (κ1) is 14.8. The van der Waals surface area contributed by atoms with Gasteiger partial charge in [0.15, 0.2) is 0 Å². The Bertz CT molecular complexity index is 429. The minimum absolute atomic E-state index is 0.118. The summed E-state index contributed by atoms with van der Waals surface area (Å²) >= 11 is 0. The number of rotatable bonds is 5. The first-order chi connectivity index (χ1) is 9.69. The van der Waals surface area contributed by atoms with E-state index in [1.165, 1.54) is 18.6 Å². The summed E-state index contributed by atoms with van der Waals surface area (Å²) in [6.07, 6.45) is 3.21. The van der Waals surface area contributed by atoms with E-state index in [-0.39, 0.29) is 11.8 Å². The molecule has 0 saturated carbocycles. The predicted octanol–water partition coefficient (Wildman–Crippen LogP) is 2.82. The van der Waals surface area contributed by atoms with Gasteiger partial charge in [-0.2, -0.15) is 0 Å². The molecule has 1 aliphatic rings. The molecule has 0 radical (unpaired) electrons. The topological polar surface area (TPSA) is 44.4 Å². The van der Waals surface area contributed by atoms with Crippen molar-refractivity contribution in [1.82, 2.24) is 10.2 Å². The molecule has 0 aliphatic carbocycles. The molecule has 1 saturated heterocycles. The lowest BCUT2D eigenvalue weighted by molar-refractivity contribution is 0.206. The van der Waals surface area contributed by atoms with Gasteiger partial charge in [-0.3, -0.25) is 0 Å². The summed E-state index contributed by atoms with van der Waals surface area (Å²) in [6, 6.07) is 6.11. The number of amides is 2. The van der Waals surface area contributed by atoms with Crippen LogP contribution in [0.25, 0.3) is 0 Å². The molecule has 1 aromatic rings. The van der Waals surface area contributed by atoms with Crippen LogP contribution in [0.15, 0.2) is 24.3 Å². The van der Waals surface area contributed by atoms with Crippen LogP contribution in [0.2, 0.25) is 0 Å². The standard InChI is InChI=1S/C15H22FN3O/c1-2-10-19(11-14-4-3-9-17-14)15(20)18-13-7-5-12(16)6-8-13/h5-8,14,17H,2-4,9-11H2,1H3,(H,18,20). The van der Waals surface area contributed by atoms with Gasteiger partial charge < -0.3 is 15.5 Å². The zero-order chi connectivity index (χ0) is 14.4. The number of nitrogens with zero attached hydrogens (tertiary/aromatic N) is 1. The number of anilines is 1. The van der Waals surface area contributed by atoms with Crippen LogP contribution in [0, 0.1) is 5.82 Å². The van der Waals surface area contributed by atoms with Gasteiger partial charge >= 0.3 is 6.03 Å². The summed E-state index contributed by atoms with van der Waals surface area (Å²) in [5.41, 5.74) is 0.622. The number of carbonyl (C=O) groups is 1. The summed E-state index contributed by atoms with van der Waals surface area (Å²) in [5.74, 6) is -0.302. The van der Waals surface area contributed by atoms with E-state index >= 15 is 0 Å². The molecule has 1 fully saturated rings. The fraction of sp³-hybridized carbons (Fsp3) is 0.533. The average Bonchev–Trinajstić information content (AvgIpc) is 2.94. The molecule has 0 bridgehead atoms. The lowest BCUT2D eigenvalue weighted by Gasteiger charge is -2.25. The van der Waals surface area contributed by atoms with Crippen molar-refractivity contribution in [3.63, 3.8) is 0 Å². The van der Waals surface area contributed by atoms with Crippen molar-refractivity contribution < 1.29 is 9.18 Å². The third-order valence-electron chi connectivity index (χ3n) is 3.48. The van der Waals surface area contributed by atoms with Crippen molar-refractivity contribution in [2.24, 2.45) is 0 Å². The van der Waals surface area contributed by atoms with Crippen LogP contribution in [-0.4, -0.2) is 36.6 Å². The van der Waals surface area contributed by atoms with Gasteiger partial charge in [-0.15, -0.1) is 0 Å². The number of hydrogen-bond donors (Lipinski definition) is 2. The molecule has 0 aromatic heterocycles. The van der Waals surface area contributed by atoms with E-state index in [1.54, 1.807) is 12.1 Å². The Hall–Kier alpha value is -1.62. The average molecular weight is 279 g/mol. The molecule has 4 nitrogen and oxygen atoms in total. The summed E-state index contributed by atoms with van der Waals surface area (Å²) in [6.45, 7) is 4.54. The molecule has 20 heavy (non-hydrogen) atoms. The number of benzene rings is 1. The van der Waals surface area contributed by atoms with Crippen molar-refractivity contribution in [3.05, 3.63) is 30.1 Å². The third-order valence-corrected chi connectivity index (χ3v) is 3.48. The zero-order valence-corrected chi connectivity index (χ0v) is 11.9. The zero-order valence-electron chi connectivity index (χ0n) is 11.9. The Morgan fingerprint density at radius 1 is 1.45 bits per heavy atom. The molecule has 5 heteroatoms. The van der Waals surface area contributed by atoms with E-state index in [0.29, 0.717) is 11.7 Å². The van der Waals surface area contributed by atoms with Crippen LogP contribution in [0.1, 0.15) is 26.2 Å². The predicted molar refractivity (Wildman–Crippen MR) is 78.3 cm³/mol. The second kappa shape index (κ2) is 7.24. The van der Waals surface area contributed by atoms with Crippen LogP contribution in [0.5, 0.6) is 0 Å². The van der Waals surface area contributed by atoms with Crippen molar-refractivity contribution in [1.29, 1.82) is 0 Å². The second-order valence-corrected chi connectivity index (χ2v) is 5.18. The van der Waals surface area contributed by atoms with Crippen LogP contribution >= 0.6 is 0 Å². The van der Waals surface area contributed by atoms with Crippen molar-refractivity contribution in [2.45, 2.75) is 32.2 Å². The van der Waals surface area contributed by atoms with E-state index < -0.39 is 0 Å². The van der Waals surface area contributed by atoms with Crippen molar-refractivity contribution in [2.75, 3.05) is 25.0 Å². The Morgan fingerprint density at radius 3 is 2.80 bits per heavy atom. The first-order valence-electron chi connectivity index (χ1n) is 7.24. The quantitative estimate of drug-likeness (QED) is 0.870. The number of halogens is 1. The molecule has 1 unspecified atom stereocenters. The van der Waals surface area contributed by atoms with Crippen LogP contribution < -0.4 is 10.6 Å². The van der Waals surface area contributed by atoms with Gasteiger partial charge in [-0.05, 0) is 50.1 Å². The Morgan fingerprint density at radius 2 is 2.20 bits per heavy atom. The highest BCUT2D eigenvalue weighted by molar-refractivity contribution is 5.89. The second-order valence-electron chi connectivity index (χ2n) is 5.18. The van der Waals surface area contributed by atoms with E-state index in [2.05, 4.69) is 17.6 Å². The maximum absolute atomic E-state index is 12.8. The number of urea groups is 1. The summed E-state index contributed by atoms with van der Waals surface area (Å²) in [4.78, 5) is 14.1. The van der Waals surface area contributed by atoms with Gasteiger partial charge in [0.1, 0.15) is 5.82 Å². The van der Waals surface area contributed by atoms with Crippen molar-refractivity contribution in [3.8, 4) is 0 Å². The molecule has 1 heterocycles. The van der Waals surface area contributed by atoms with Gasteiger partial charge in [0.2, 0.25) is 0 Å². The molecule has 2 N–H and O–H groups in total. The molecule has 0 spiro atoms. The van der Waals surface area contributed by atoms with Gasteiger partial charge in [0.25, 0.3) is 0 Å². The van der Waals surface area contributed by atoms with Gasteiger partial charge in [-0.25, -0.2) is 9.18 Å². The highest BCUT2D eigenvalue weighted by atomic mass is 19.1. The Kier molecular flexibility index (Phi) is 5.35. The maximum Gasteiger partial charge on any atom is 0.321 e. The van der Waals surface area contributed by atoms with E-state index in [0.717, 1.165) is 32.5 Å². The molecule has 2 amide bonds. The first-order valence-corrected chi connectivity index (χ1v) is 7.24. The van der Waals surface area contributed by atoms with Gasteiger partial charge in [0.05, 0.1) is 0 Å². The molecule has 1 aliphatic heterocycles. The molecule has 1 atom stereocenters. The number of carbonyl (C=O) groups excluding carboxylic acids is 1. The highest BCUT2D eigenvalue weighted by Crippen LogP contribution is 2.12. The molecule has 1 aromatic carbocycles. The summed E-state index contributed by atoms with van der Waals surface area (Å²) in [5, 5.41) is 6.22. The van der Waals surface area contributed by atoms with Crippen LogP contribution in [0.3, 0.4) is 0 Å². The Labute approximate surface area is 119 Å². The fourth-order valence-electron chi connectivity index (χ4n) is 2.46. The van der Waals surface area contributed by atoms with Gasteiger partial charge in [-0.1, -0.05) is 6.92 Å². The Balaban J connectivity index is 1.93. The molecular formula is C15H22FN3O. The van der Waals surface area contributed by atoms with E-state index in [1.807, 2.05) is 4.90 Å². The van der Waals surface area contributed by atoms with Crippen LogP contribution in [0.4, 0.5) is 14.9 Å². The van der Waals surface area contributed by atoms with Gasteiger partial charge in [0, 0.05) is 24.8 Å². The van der Waals surface area contributed by atoms with E-state index in [4.69, 9.17) is 0 Å². The van der Waals surface area contributed by atoms with Crippen LogP contribution in [-0.2, 0) is 0 Å². The molecule has 2 rings (SSSR count). The summed E-state index contributed by atoms with van der Waals surface area (Å²) in [7, 11) is 0. The smallest absolute Gasteiger partial charge is 0.321 e. The number of nitrogens with one attached hydrogen (secondary N) is 2. The lowest BCUT2D eigenvalue weighted by Crippen LogP contribution is -2.43. The minimum Gasteiger partial charge on any atom is -0.323 e. The largest absolute Gasteiger partial charge is 0.323 e. The maximum atomic E-state index is 12.8. The minimum atomic E-state index is -0.302. The molecule has 110 valence electrons. The monoisotopic (exact) mass is 279 g/mol. The summed E-state index contributed by atoms with van der Waals surface area (Å²) < 4.78 is 12.8. The number of hydrogen-bond acceptors (Lipinski definition) is 2. The normalized spacial score (nSPS) is 18.0.